The molecule has 0 aliphatic rings. The van der Waals surface area contributed by atoms with E-state index in [9.17, 15) is 8.42 Å². The number of methoxy groups -OCH3 is 2. The van der Waals surface area contributed by atoms with Crippen molar-refractivity contribution in [1.29, 1.82) is 0 Å². The van der Waals surface area contributed by atoms with E-state index in [1.54, 1.807) is 30.7 Å². The van der Waals surface area contributed by atoms with Gasteiger partial charge in [-0.3, -0.25) is 4.57 Å². The SMILES string of the molecule is COc1ccc(-n2c(C)nnc2-c2ccc(-c3ccccc3OC)cc2)c(S(C)(=O)=O)n1. The number of benzene rings is 2. The van der Waals surface area contributed by atoms with Crippen molar-refractivity contribution >= 4 is 9.84 Å². The van der Waals surface area contributed by atoms with Crippen LogP contribution in [0.3, 0.4) is 0 Å². The normalized spacial score (nSPS) is 11.4. The number of nitrogens with zero attached hydrogens (tertiary/aromatic N) is 4. The molecule has 4 rings (SSSR count). The number of rotatable bonds is 6. The third kappa shape index (κ3) is 3.94. The lowest BCUT2D eigenvalue weighted by Crippen LogP contribution is -2.10. The molecule has 8 nitrogen and oxygen atoms in total. The van der Waals surface area contributed by atoms with Gasteiger partial charge in [-0.25, -0.2) is 8.42 Å². The molecule has 0 N–H and O–H groups in total. The Hall–Kier alpha value is -3.72. The van der Waals surface area contributed by atoms with Gasteiger partial charge >= 0.3 is 0 Å². The largest absolute Gasteiger partial charge is 0.496 e. The highest BCUT2D eigenvalue weighted by molar-refractivity contribution is 7.90. The lowest BCUT2D eigenvalue weighted by molar-refractivity contribution is 0.393. The zero-order valence-electron chi connectivity index (χ0n) is 18.1. The fourth-order valence-corrected chi connectivity index (χ4v) is 4.29. The molecular weight excluding hydrogens is 428 g/mol. The van der Waals surface area contributed by atoms with E-state index in [1.807, 2.05) is 48.5 Å². The molecule has 0 saturated carbocycles. The van der Waals surface area contributed by atoms with Crippen LogP contribution in [0.4, 0.5) is 0 Å². The Morgan fingerprint density at radius 3 is 2.19 bits per heavy atom. The van der Waals surface area contributed by atoms with Crippen molar-refractivity contribution in [2.24, 2.45) is 0 Å². The first-order valence-corrected chi connectivity index (χ1v) is 11.6. The highest BCUT2D eigenvalue weighted by atomic mass is 32.2. The molecule has 0 radical (unpaired) electrons. The predicted molar refractivity (Wildman–Crippen MR) is 121 cm³/mol. The minimum Gasteiger partial charge on any atom is -0.496 e. The minimum atomic E-state index is -3.64. The van der Waals surface area contributed by atoms with E-state index in [0.717, 1.165) is 28.7 Å². The Morgan fingerprint density at radius 1 is 0.844 bits per heavy atom. The number of para-hydroxylation sites is 1. The summed E-state index contributed by atoms with van der Waals surface area (Å²) >= 11 is 0. The number of hydrogen-bond donors (Lipinski definition) is 0. The lowest BCUT2D eigenvalue weighted by Gasteiger charge is -2.14. The van der Waals surface area contributed by atoms with E-state index < -0.39 is 9.84 Å². The molecule has 2 heterocycles. The fraction of sp³-hybridized carbons (Fsp3) is 0.174. The number of pyridine rings is 1. The van der Waals surface area contributed by atoms with Crippen LogP contribution < -0.4 is 9.47 Å². The second kappa shape index (κ2) is 8.43. The quantitative estimate of drug-likeness (QED) is 0.442. The summed E-state index contributed by atoms with van der Waals surface area (Å²) in [6.07, 6.45) is 1.11. The molecule has 2 aromatic carbocycles. The van der Waals surface area contributed by atoms with Crippen molar-refractivity contribution in [2.75, 3.05) is 20.5 Å². The standard InChI is InChI=1S/C23H22N4O4S/c1-15-25-26-22(27(15)19-13-14-21(31-3)24-23(19)32(4,28)29)17-11-9-16(10-12-17)18-7-5-6-8-20(18)30-2/h5-14H,1-4H3. The molecule has 9 heteroatoms. The van der Waals surface area contributed by atoms with Crippen LogP contribution in [-0.4, -0.2) is 48.6 Å². The van der Waals surface area contributed by atoms with Crippen LogP contribution in [0.5, 0.6) is 11.6 Å². The highest BCUT2D eigenvalue weighted by Crippen LogP contribution is 2.32. The predicted octanol–water partition coefficient (Wildman–Crippen LogP) is 3.73. The van der Waals surface area contributed by atoms with Crippen molar-refractivity contribution in [3.8, 4) is 39.8 Å². The highest BCUT2D eigenvalue weighted by Gasteiger charge is 2.23. The molecule has 0 unspecified atom stereocenters. The summed E-state index contributed by atoms with van der Waals surface area (Å²) in [7, 11) is -0.563. The van der Waals surface area contributed by atoms with Crippen LogP contribution in [0, 0.1) is 6.92 Å². The molecular formula is C23H22N4O4S. The molecule has 0 fully saturated rings. The molecule has 0 spiro atoms. The number of ether oxygens (including phenoxy) is 2. The lowest BCUT2D eigenvalue weighted by atomic mass is 10.0. The summed E-state index contributed by atoms with van der Waals surface area (Å²) in [4.78, 5) is 4.17. The first-order valence-electron chi connectivity index (χ1n) is 9.75. The van der Waals surface area contributed by atoms with Gasteiger partial charge in [0.05, 0.1) is 19.9 Å². The number of sulfone groups is 1. The van der Waals surface area contributed by atoms with Gasteiger partial charge < -0.3 is 9.47 Å². The maximum Gasteiger partial charge on any atom is 0.214 e. The third-order valence-corrected chi connectivity index (χ3v) is 6.00. The summed E-state index contributed by atoms with van der Waals surface area (Å²) in [5, 5.41) is 8.38. The van der Waals surface area contributed by atoms with Crippen LogP contribution in [0.1, 0.15) is 5.82 Å². The Morgan fingerprint density at radius 2 is 1.53 bits per heavy atom. The van der Waals surface area contributed by atoms with Crippen molar-refractivity contribution in [3.63, 3.8) is 0 Å². The van der Waals surface area contributed by atoms with Crippen molar-refractivity contribution in [2.45, 2.75) is 11.9 Å². The van der Waals surface area contributed by atoms with E-state index >= 15 is 0 Å². The Bertz CT molecular complexity index is 1380. The fourth-order valence-electron chi connectivity index (χ4n) is 3.49. The topological polar surface area (TPSA) is 96.2 Å². The first kappa shape index (κ1) is 21.5. The van der Waals surface area contributed by atoms with Gasteiger partial charge in [0, 0.05) is 23.4 Å². The van der Waals surface area contributed by atoms with Gasteiger partial charge in [-0.15, -0.1) is 10.2 Å². The van der Waals surface area contributed by atoms with E-state index in [4.69, 9.17) is 9.47 Å². The Kier molecular flexibility index (Phi) is 5.67. The van der Waals surface area contributed by atoms with Gasteiger partial charge in [-0.2, -0.15) is 4.98 Å². The van der Waals surface area contributed by atoms with E-state index in [2.05, 4.69) is 15.2 Å². The molecule has 0 saturated heterocycles. The maximum absolute atomic E-state index is 12.5. The molecule has 4 aromatic rings. The number of aromatic nitrogens is 4. The average molecular weight is 451 g/mol. The van der Waals surface area contributed by atoms with Gasteiger partial charge in [0.1, 0.15) is 11.6 Å². The van der Waals surface area contributed by atoms with E-state index in [1.165, 1.54) is 7.11 Å². The van der Waals surface area contributed by atoms with Gasteiger partial charge in [0.2, 0.25) is 5.88 Å². The second-order valence-corrected chi connectivity index (χ2v) is 9.06. The molecule has 0 bridgehead atoms. The number of hydrogen-bond acceptors (Lipinski definition) is 7. The Labute approximate surface area is 186 Å². The van der Waals surface area contributed by atoms with Gasteiger partial charge in [0.25, 0.3) is 0 Å². The van der Waals surface area contributed by atoms with E-state index in [0.29, 0.717) is 17.3 Å². The zero-order chi connectivity index (χ0) is 22.9. The van der Waals surface area contributed by atoms with Gasteiger partial charge in [0.15, 0.2) is 20.7 Å². The zero-order valence-corrected chi connectivity index (χ0v) is 18.9. The van der Waals surface area contributed by atoms with Crippen LogP contribution in [0.2, 0.25) is 0 Å². The van der Waals surface area contributed by atoms with Gasteiger partial charge in [-0.05, 0) is 24.6 Å². The molecule has 2 aromatic heterocycles. The molecule has 164 valence electrons. The van der Waals surface area contributed by atoms with E-state index in [-0.39, 0.29) is 10.9 Å². The second-order valence-electron chi connectivity index (χ2n) is 7.13. The monoisotopic (exact) mass is 450 g/mol. The van der Waals surface area contributed by atoms with Crippen LogP contribution in [0.15, 0.2) is 65.7 Å². The van der Waals surface area contributed by atoms with Gasteiger partial charge in [-0.1, -0.05) is 42.5 Å². The summed E-state index contributed by atoms with van der Waals surface area (Å²) in [5.41, 5.74) is 3.09. The molecule has 32 heavy (non-hydrogen) atoms. The summed E-state index contributed by atoms with van der Waals surface area (Å²) < 4.78 is 37.2. The molecule has 0 atom stereocenters. The molecule has 0 aliphatic carbocycles. The smallest absolute Gasteiger partial charge is 0.214 e. The maximum atomic E-state index is 12.5. The van der Waals surface area contributed by atoms with Crippen LogP contribution in [-0.2, 0) is 9.84 Å². The van der Waals surface area contributed by atoms with Crippen LogP contribution in [0.25, 0.3) is 28.2 Å². The first-order chi connectivity index (χ1) is 15.3. The minimum absolute atomic E-state index is 0.105. The third-order valence-electron chi connectivity index (χ3n) is 5.00. The summed E-state index contributed by atoms with van der Waals surface area (Å²) in [6, 6.07) is 18.8. The Balaban J connectivity index is 1.83. The number of aryl methyl sites for hydroxylation is 1. The van der Waals surface area contributed by atoms with Crippen molar-refractivity contribution < 1.29 is 17.9 Å². The van der Waals surface area contributed by atoms with Crippen molar-refractivity contribution in [1.82, 2.24) is 19.7 Å². The molecule has 0 amide bonds. The van der Waals surface area contributed by atoms with Crippen LogP contribution >= 0.6 is 0 Å². The summed E-state index contributed by atoms with van der Waals surface area (Å²) in [6.45, 7) is 1.76. The molecule has 0 aliphatic heterocycles. The van der Waals surface area contributed by atoms with Crippen molar-refractivity contribution in [3.05, 3.63) is 66.5 Å². The average Bonchev–Trinajstić information content (AvgIpc) is 3.19. The summed E-state index contributed by atoms with van der Waals surface area (Å²) in [5.74, 6) is 2.03.